The van der Waals surface area contributed by atoms with Crippen LogP contribution < -0.4 is 10.1 Å². The first-order chi connectivity index (χ1) is 24.5. The maximum Gasteiger partial charge on any atom is 0.312 e. The molecule has 1 fully saturated rings. The molecule has 284 valence electrons. The molecule has 14 heteroatoms. The van der Waals surface area contributed by atoms with Gasteiger partial charge in [-0.15, -0.1) is 23.5 Å². The number of phenols is 3. The molecule has 52 heavy (non-hydrogen) atoms. The lowest BCUT2D eigenvalue weighted by Crippen LogP contribution is -2.44. The minimum Gasteiger partial charge on any atom is -0.507 e. The second kappa shape index (κ2) is 15.5. The molecule has 6 rings (SSSR count). The summed E-state index contributed by atoms with van der Waals surface area (Å²) in [7, 11) is 1.45. The molecule has 12 nitrogen and oxygen atoms in total. The molecular weight excluding hydrogens is 711 g/mol. The molecule has 4 aliphatic rings. The number of aliphatic hydroxyl groups is 3. The Labute approximate surface area is 311 Å². The summed E-state index contributed by atoms with van der Waals surface area (Å²) >= 11 is 2.99. The average molecular weight is 760 g/mol. The van der Waals surface area contributed by atoms with E-state index in [1.807, 2.05) is 0 Å². The summed E-state index contributed by atoms with van der Waals surface area (Å²) in [6, 6.07) is 0. The maximum absolute atomic E-state index is 14.2. The van der Waals surface area contributed by atoms with E-state index in [-0.39, 0.29) is 44.5 Å². The smallest absolute Gasteiger partial charge is 0.312 e. The number of rotatable bonds is 2. The summed E-state index contributed by atoms with van der Waals surface area (Å²) in [4.78, 5) is 27.8. The topological polar surface area (TPSA) is 195 Å². The molecular formula is C38H49NO11S2. The van der Waals surface area contributed by atoms with Crippen LogP contribution in [0.1, 0.15) is 67.6 Å². The highest BCUT2D eigenvalue weighted by Crippen LogP contribution is 2.60. The number of carbonyl (C=O) groups is 2. The van der Waals surface area contributed by atoms with Gasteiger partial charge in [0.15, 0.2) is 5.75 Å². The van der Waals surface area contributed by atoms with Crippen LogP contribution in [-0.2, 0) is 14.3 Å². The van der Waals surface area contributed by atoms with Gasteiger partial charge in [0.25, 0.3) is 11.7 Å². The van der Waals surface area contributed by atoms with Gasteiger partial charge in [-0.05, 0) is 19.9 Å². The van der Waals surface area contributed by atoms with Crippen molar-refractivity contribution >= 4 is 51.7 Å². The monoisotopic (exact) mass is 759 g/mol. The van der Waals surface area contributed by atoms with Crippen LogP contribution in [-0.4, -0.2) is 91.1 Å². The lowest BCUT2D eigenvalue weighted by atomic mass is 9.78. The molecule has 0 saturated carbocycles. The number of aliphatic hydroxyl groups excluding tert-OH is 3. The standard InChI is InChI=1S/C38H49NO11S2/c1-16-10-9-11-17(2)36(47)39-27-26(37-51-14-15-52-37)32(44)23-24(33(27)45)31(43)21(6)34-25(23)35(46)38(7,50-34)49-13-12-22(48-8)18(3)29(41)20(5)30(42)19(4)28(16)40/h9-13,16,18-20,22,28-30,37,40-45H,14-15H2,1-8H3,(H,39,47)/b10-9-,13-12-,17-11-. The number of carbonyl (C=O) groups excluding carboxylic acids is 2. The van der Waals surface area contributed by atoms with Crippen LogP contribution in [0.2, 0.25) is 0 Å². The Morgan fingerprint density at radius 3 is 2.12 bits per heavy atom. The van der Waals surface area contributed by atoms with E-state index in [2.05, 4.69) is 5.32 Å². The molecule has 9 unspecified atom stereocenters. The van der Waals surface area contributed by atoms with E-state index in [0.29, 0.717) is 0 Å². The lowest BCUT2D eigenvalue weighted by molar-refractivity contribution is -0.112. The van der Waals surface area contributed by atoms with Gasteiger partial charge in [0.05, 0.1) is 51.9 Å². The molecule has 1 saturated heterocycles. The first kappa shape index (κ1) is 39.8. The third-order valence-electron chi connectivity index (χ3n) is 10.6. The normalized spacial score (nSPS) is 34.5. The van der Waals surface area contributed by atoms with E-state index in [4.69, 9.17) is 14.2 Å². The van der Waals surface area contributed by atoms with Crippen molar-refractivity contribution in [2.24, 2.45) is 23.7 Å². The van der Waals surface area contributed by atoms with E-state index in [0.717, 1.165) is 11.5 Å². The van der Waals surface area contributed by atoms with E-state index < -0.39 is 87.4 Å². The fourth-order valence-electron chi connectivity index (χ4n) is 7.11. The zero-order valence-corrected chi connectivity index (χ0v) is 32.2. The average Bonchev–Trinajstić information content (AvgIpc) is 3.74. The van der Waals surface area contributed by atoms with Crippen molar-refractivity contribution in [3.8, 4) is 23.0 Å². The van der Waals surface area contributed by atoms with Gasteiger partial charge in [-0.3, -0.25) is 9.59 Å². The summed E-state index contributed by atoms with van der Waals surface area (Å²) in [5.41, 5.74) is 0.323. The van der Waals surface area contributed by atoms with E-state index in [9.17, 15) is 40.2 Å². The number of ether oxygens (including phenoxy) is 3. The number of Topliss-reactive ketones (excluding diaryl/α,β-unsaturated/α-hetero) is 1. The Bertz CT molecular complexity index is 1820. The van der Waals surface area contributed by atoms with Crippen molar-refractivity contribution in [2.45, 2.75) is 83.3 Å². The molecule has 2 aromatic rings. The lowest BCUT2D eigenvalue weighted by Gasteiger charge is -2.36. The minimum absolute atomic E-state index is 0.0356. The summed E-state index contributed by atoms with van der Waals surface area (Å²) in [6.07, 6.45) is 3.67. The summed E-state index contributed by atoms with van der Waals surface area (Å²) in [6.45, 7) is 11.3. The quantitative estimate of drug-likeness (QED) is 0.147. The molecule has 7 N–H and O–H groups in total. The Balaban J connectivity index is 1.70. The van der Waals surface area contributed by atoms with Gasteiger partial charge in [-0.25, -0.2) is 0 Å². The Hall–Kier alpha value is -3.40. The van der Waals surface area contributed by atoms with Crippen LogP contribution in [0.5, 0.6) is 23.0 Å². The number of methoxy groups -OCH3 is 1. The van der Waals surface area contributed by atoms with Gasteiger partial charge in [0, 0.05) is 71.3 Å². The van der Waals surface area contributed by atoms with Gasteiger partial charge < -0.3 is 50.2 Å². The predicted molar refractivity (Wildman–Crippen MR) is 202 cm³/mol. The van der Waals surface area contributed by atoms with Crippen LogP contribution in [0, 0.1) is 30.6 Å². The number of anilines is 1. The third kappa shape index (κ3) is 7.01. The van der Waals surface area contributed by atoms with Crippen molar-refractivity contribution in [1.82, 2.24) is 0 Å². The number of nitrogens with one attached hydrogen (secondary N) is 1. The Morgan fingerprint density at radius 1 is 0.865 bits per heavy atom. The van der Waals surface area contributed by atoms with Crippen molar-refractivity contribution in [1.29, 1.82) is 0 Å². The van der Waals surface area contributed by atoms with Gasteiger partial charge in [-0.1, -0.05) is 45.9 Å². The molecule has 0 aromatic heterocycles. The van der Waals surface area contributed by atoms with E-state index in [1.165, 1.54) is 62.9 Å². The largest absolute Gasteiger partial charge is 0.507 e. The number of benzene rings is 2. The molecule has 9 atom stereocenters. The summed E-state index contributed by atoms with van der Waals surface area (Å²) in [5.74, 6) is -5.54. The molecule has 0 spiro atoms. The van der Waals surface area contributed by atoms with Crippen LogP contribution in [0.4, 0.5) is 5.69 Å². The van der Waals surface area contributed by atoms with E-state index in [1.54, 1.807) is 46.8 Å². The number of hydrogen-bond donors (Lipinski definition) is 7. The second-order valence-corrected chi connectivity index (χ2v) is 16.8. The number of fused-ring (bicyclic) bond motifs is 14. The molecule has 0 aliphatic carbocycles. The zero-order chi connectivity index (χ0) is 38.4. The van der Waals surface area contributed by atoms with Gasteiger partial charge in [0.2, 0.25) is 0 Å². The summed E-state index contributed by atoms with van der Waals surface area (Å²) < 4.78 is 17.2. The number of amides is 1. The van der Waals surface area contributed by atoms with Crippen LogP contribution in [0.15, 0.2) is 36.1 Å². The molecule has 2 aromatic carbocycles. The van der Waals surface area contributed by atoms with Gasteiger partial charge >= 0.3 is 5.79 Å². The minimum atomic E-state index is -1.97. The van der Waals surface area contributed by atoms with E-state index >= 15 is 0 Å². The highest BCUT2D eigenvalue weighted by atomic mass is 32.2. The fraction of sp³-hybridized carbons (Fsp3) is 0.526. The molecule has 0 radical (unpaired) electrons. The first-order valence-corrected chi connectivity index (χ1v) is 19.4. The SMILES string of the molecule is COC1/C=C\OC2(C)Oc3c(C)c(O)c4c(O)c(c(C5SCCS5)c(O)c4c3C2=O)NC(=O)/C(C)=C\C=C/C(C)C(O)C(C)C(O)C(C)C(O)C1C. The van der Waals surface area contributed by atoms with Crippen LogP contribution in [0.3, 0.4) is 0 Å². The number of thioether (sulfide) groups is 2. The van der Waals surface area contributed by atoms with Gasteiger partial charge in [-0.2, -0.15) is 0 Å². The highest BCUT2D eigenvalue weighted by molar-refractivity contribution is 8.19. The first-order valence-electron chi connectivity index (χ1n) is 17.3. The second-order valence-electron chi connectivity index (χ2n) is 14.1. The Kier molecular flexibility index (Phi) is 11.9. The van der Waals surface area contributed by atoms with Crippen molar-refractivity contribution in [3.05, 3.63) is 52.8 Å². The molecule has 5 bridgehead atoms. The molecule has 4 heterocycles. The Morgan fingerprint density at radius 2 is 1.48 bits per heavy atom. The number of hydrogen-bond acceptors (Lipinski definition) is 13. The van der Waals surface area contributed by atoms with Crippen LogP contribution >= 0.6 is 23.5 Å². The fourth-order valence-corrected chi connectivity index (χ4v) is 10.1. The van der Waals surface area contributed by atoms with Gasteiger partial charge in [0.1, 0.15) is 17.2 Å². The number of ketones is 1. The zero-order valence-electron chi connectivity index (χ0n) is 30.5. The molecule has 1 amide bonds. The van der Waals surface area contributed by atoms with Crippen LogP contribution in [0.25, 0.3) is 10.8 Å². The number of allylic oxidation sites excluding steroid dienone is 2. The number of aromatic hydroxyl groups is 3. The van der Waals surface area contributed by atoms with Crippen molar-refractivity contribution in [2.75, 3.05) is 23.9 Å². The third-order valence-corrected chi connectivity index (χ3v) is 13.7. The highest BCUT2D eigenvalue weighted by Gasteiger charge is 2.50. The molecule has 4 aliphatic heterocycles. The predicted octanol–water partition coefficient (Wildman–Crippen LogP) is 5.66. The van der Waals surface area contributed by atoms with Crippen molar-refractivity contribution in [3.63, 3.8) is 0 Å². The van der Waals surface area contributed by atoms with Crippen molar-refractivity contribution < 1.29 is 54.4 Å². The maximum atomic E-state index is 14.2. The number of phenolic OH excluding ortho intramolecular Hbond substituents is 3. The summed E-state index contributed by atoms with van der Waals surface area (Å²) in [5, 5.41) is 71.3.